The van der Waals surface area contributed by atoms with Crippen LogP contribution in [0.1, 0.15) is 34.1 Å². The number of carboxylic acids is 1. The van der Waals surface area contributed by atoms with Crippen LogP contribution in [0.15, 0.2) is 0 Å². The molecule has 0 heterocycles. The summed E-state index contributed by atoms with van der Waals surface area (Å²) in [7, 11) is 3.92. The van der Waals surface area contributed by atoms with E-state index in [2.05, 4.69) is 19.2 Å². The van der Waals surface area contributed by atoms with Crippen molar-refractivity contribution in [2.24, 2.45) is 11.8 Å². The second-order valence-electron chi connectivity index (χ2n) is 6.71. The molecule has 1 unspecified atom stereocenters. The third kappa shape index (κ3) is 10.1. The zero-order valence-electron chi connectivity index (χ0n) is 14.2. The third-order valence-corrected chi connectivity index (χ3v) is 2.87. The van der Waals surface area contributed by atoms with E-state index in [9.17, 15) is 9.59 Å². The number of hydrogen-bond donors (Lipinski definition) is 2. The summed E-state index contributed by atoms with van der Waals surface area (Å²) in [6, 6.07) is -0.269. The molecule has 2 amide bonds. The fraction of sp³-hybridized carbons (Fsp3) is 0.867. The Morgan fingerprint density at radius 3 is 2.00 bits per heavy atom. The van der Waals surface area contributed by atoms with Gasteiger partial charge in [0, 0.05) is 19.1 Å². The molecule has 0 rings (SSSR count). The molecule has 0 saturated carbocycles. The van der Waals surface area contributed by atoms with E-state index in [0.29, 0.717) is 12.5 Å². The minimum absolute atomic E-state index is 0.0240. The van der Waals surface area contributed by atoms with Gasteiger partial charge in [-0.15, -0.1) is 0 Å². The first-order chi connectivity index (χ1) is 9.61. The van der Waals surface area contributed by atoms with Gasteiger partial charge < -0.3 is 20.2 Å². The Bertz CT molecular complexity index is 320. The summed E-state index contributed by atoms with van der Waals surface area (Å²) in [5.74, 6) is -0.292. The summed E-state index contributed by atoms with van der Waals surface area (Å²) in [5.41, 5.74) is 0. The predicted molar refractivity (Wildman–Crippen MR) is 84.4 cm³/mol. The SMILES string of the molecule is CC(C)CC(CN(C)C)NC(=O)N(CC(=O)O)CC(C)C. The van der Waals surface area contributed by atoms with Gasteiger partial charge in [-0.1, -0.05) is 27.7 Å². The molecule has 0 aliphatic rings. The quantitative estimate of drug-likeness (QED) is 0.680. The molecular weight excluding hydrogens is 270 g/mol. The molecule has 0 saturated heterocycles. The first kappa shape index (κ1) is 19.7. The number of nitrogens with zero attached hydrogens (tertiary/aromatic N) is 2. The highest BCUT2D eigenvalue weighted by Crippen LogP contribution is 2.07. The van der Waals surface area contributed by atoms with Crippen LogP contribution >= 0.6 is 0 Å². The lowest BCUT2D eigenvalue weighted by atomic mass is 10.0. The Morgan fingerprint density at radius 2 is 1.62 bits per heavy atom. The van der Waals surface area contributed by atoms with Gasteiger partial charge in [-0.3, -0.25) is 4.79 Å². The van der Waals surface area contributed by atoms with Crippen molar-refractivity contribution < 1.29 is 14.7 Å². The maximum Gasteiger partial charge on any atom is 0.323 e. The second kappa shape index (κ2) is 9.60. The number of carbonyl (C=O) groups excluding carboxylic acids is 1. The second-order valence-corrected chi connectivity index (χ2v) is 6.71. The van der Waals surface area contributed by atoms with E-state index in [0.717, 1.165) is 13.0 Å². The molecule has 2 N–H and O–H groups in total. The summed E-state index contributed by atoms with van der Waals surface area (Å²) in [5, 5.41) is 11.9. The zero-order chi connectivity index (χ0) is 16.6. The molecule has 6 nitrogen and oxygen atoms in total. The third-order valence-electron chi connectivity index (χ3n) is 2.87. The number of amides is 2. The summed E-state index contributed by atoms with van der Waals surface area (Å²) >= 11 is 0. The van der Waals surface area contributed by atoms with Crippen molar-refractivity contribution >= 4 is 12.0 Å². The van der Waals surface area contributed by atoms with Crippen molar-refractivity contribution in [3.05, 3.63) is 0 Å². The number of carbonyl (C=O) groups is 2. The van der Waals surface area contributed by atoms with Gasteiger partial charge in [0.25, 0.3) is 0 Å². The molecule has 0 aromatic carbocycles. The van der Waals surface area contributed by atoms with E-state index >= 15 is 0 Å². The largest absolute Gasteiger partial charge is 0.480 e. The highest BCUT2D eigenvalue weighted by atomic mass is 16.4. The Labute approximate surface area is 128 Å². The van der Waals surface area contributed by atoms with E-state index in [1.165, 1.54) is 4.90 Å². The van der Waals surface area contributed by atoms with Crippen LogP contribution in [0.5, 0.6) is 0 Å². The van der Waals surface area contributed by atoms with Crippen LogP contribution in [0.4, 0.5) is 4.79 Å². The fourth-order valence-electron chi connectivity index (χ4n) is 2.28. The first-order valence-electron chi connectivity index (χ1n) is 7.53. The highest BCUT2D eigenvalue weighted by molar-refractivity contribution is 5.80. The van der Waals surface area contributed by atoms with Crippen LogP contribution in [0, 0.1) is 11.8 Å². The minimum Gasteiger partial charge on any atom is -0.480 e. The Kier molecular flexibility index (Phi) is 9.01. The van der Waals surface area contributed by atoms with Crippen LogP contribution in [-0.4, -0.2) is 66.7 Å². The van der Waals surface area contributed by atoms with Gasteiger partial charge in [-0.2, -0.15) is 0 Å². The maximum absolute atomic E-state index is 12.3. The van der Waals surface area contributed by atoms with Crippen LogP contribution in [0.3, 0.4) is 0 Å². The van der Waals surface area contributed by atoms with Crippen molar-refractivity contribution in [3.63, 3.8) is 0 Å². The number of rotatable bonds is 9. The van der Waals surface area contributed by atoms with E-state index < -0.39 is 5.97 Å². The number of carboxylic acid groups (broad SMARTS) is 1. The summed E-state index contributed by atoms with van der Waals surface area (Å²) < 4.78 is 0. The van der Waals surface area contributed by atoms with Gasteiger partial charge >= 0.3 is 12.0 Å². The molecule has 21 heavy (non-hydrogen) atoms. The topological polar surface area (TPSA) is 72.9 Å². The van der Waals surface area contributed by atoms with Crippen LogP contribution in [0.2, 0.25) is 0 Å². The molecule has 0 aliphatic heterocycles. The zero-order valence-corrected chi connectivity index (χ0v) is 14.2. The Hall–Kier alpha value is -1.30. The van der Waals surface area contributed by atoms with Gasteiger partial charge in [0.2, 0.25) is 0 Å². The smallest absolute Gasteiger partial charge is 0.323 e. The first-order valence-corrected chi connectivity index (χ1v) is 7.53. The van der Waals surface area contributed by atoms with E-state index in [-0.39, 0.29) is 24.5 Å². The molecular formula is C15H31N3O3. The van der Waals surface area contributed by atoms with Crippen LogP contribution in [0.25, 0.3) is 0 Å². The van der Waals surface area contributed by atoms with E-state index in [1.54, 1.807) is 0 Å². The van der Waals surface area contributed by atoms with Gasteiger partial charge in [0.15, 0.2) is 0 Å². The number of likely N-dealkylation sites (N-methyl/N-ethyl adjacent to an activating group) is 1. The molecule has 0 aromatic heterocycles. The van der Waals surface area contributed by atoms with Crippen molar-refractivity contribution in [1.82, 2.24) is 15.1 Å². The Balaban J connectivity index is 4.74. The molecule has 124 valence electrons. The lowest BCUT2D eigenvalue weighted by Gasteiger charge is -2.29. The summed E-state index contributed by atoms with van der Waals surface area (Å²) in [6.45, 7) is 9.07. The van der Waals surface area contributed by atoms with Crippen LogP contribution in [-0.2, 0) is 4.79 Å². The van der Waals surface area contributed by atoms with Crippen molar-refractivity contribution in [3.8, 4) is 0 Å². The molecule has 0 bridgehead atoms. The highest BCUT2D eigenvalue weighted by Gasteiger charge is 2.21. The monoisotopic (exact) mass is 301 g/mol. The lowest BCUT2D eigenvalue weighted by molar-refractivity contribution is -0.137. The number of urea groups is 1. The Morgan fingerprint density at radius 1 is 1.05 bits per heavy atom. The molecule has 0 radical (unpaired) electrons. The standard InChI is InChI=1S/C15H31N3O3/c1-11(2)7-13(9-17(5)6)16-15(21)18(8-12(3)4)10-14(19)20/h11-13H,7-10H2,1-6H3,(H,16,21)(H,19,20). The van der Waals surface area contributed by atoms with E-state index in [4.69, 9.17) is 5.11 Å². The fourth-order valence-corrected chi connectivity index (χ4v) is 2.28. The summed E-state index contributed by atoms with van der Waals surface area (Å²) in [6.07, 6.45) is 0.868. The molecule has 1 atom stereocenters. The number of aliphatic carboxylic acids is 1. The normalized spacial score (nSPS) is 12.8. The number of hydrogen-bond acceptors (Lipinski definition) is 3. The summed E-state index contributed by atoms with van der Waals surface area (Å²) in [4.78, 5) is 26.6. The van der Waals surface area contributed by atoms with Gasteiger partial charge in [-0.25, -0.2) is 4.79 Å². The molecule has 0 aliphatic carbocycles. The van der Waals surface area contributed by atoms with Crippen LogP contribution < -0.4 is 5.32 Å². The minimum atomic E-state index is -0.987. The van der Waals surface area contributed by atoms with Gasteiger partial charge in [-0.05, 0) is 32.4 Å². The van der Waals surface area contributed by atoms with E-state index in [1.807, 2.05) is 32.8 Å². The lowest BCUT2D eigenvalue weighted by Crippen LogP contribution is -2.50. The predicted octanol–water partition coefficient (Wildman–Crippen LogP) is 1.71. The maximum atomic E-state index is 12.3. The molecule has 0 spiro atoms. The van der Waals surface area contributed by atoms with Crippen molar-refractivity contribution in [2.45, 2.75) is 40.2 Å². The van der Waals surface area contributed by atoms with Gasteiger partial charge in [0.1, 0.15) is 6.54 Å². The average Bonchev–Trinajstić information content (AvgIpc) is 2.24. The van der Waals surface area contributed by atoms with Gasteiger partial charge in [0.05, 0.1) is 0 Å². The number of nitrogens with one attached hydrogen (secondary N) is 1. The van der Waals surface area contributed by atoms with Crippen molar-refractivity contribution in [1.29, 1.82) is 0 Å². The average molecular weight is 301 g/mol. The molecule has 0 aromatic rings. The van der Waals surface area contributed by atoms with Crippen molar-refractivity contribution in [2.75, 3.05) is 33.7 Å². The molecule has 0 fully saturated rings. The molecule has 6 heteroatoms.